The number of hydrogen-bond donors (Lipinski definition) is 3. The summed E-state index contributed by atoms with van der Waals surface area (Å²) in [5.74, 6) is -0.388. The third-order valence-corrected chi connectivity index (χ3v) is 4.62. The minimum absolute atomic E-state index is 0.0640. The molecule has 0 radical (unpaired) electrons. The van der Waals surface area contributed by atoms with E-state index in [1.807, 2.05) is 0 Å². The van der Waals surface area contributed by atoms with E-state index in [0.717, 1.165) is 25.0 Å². The number of benzene rings is 1. The number of fused-ring (bicyclic) bond motifs is 1. The second-order valence-corrected chi connectivity index (χ2v) is 6.16. The molecule has 1 aliphatic rings. The summed E-state index contributed by atoms with van der Waals surface area (Å²) in [6, 6.07) is 6.89. The second-order valence-electron chi connectivity index (χ2n) is 5.75. The lowest BCUT2D eigenvalue weighted by Crippen LogP contribution is -2.39. The van der Waals surface area contributed by atoms with Crippen molar-refractivity contribution in [3.8, 4) is 0 Å². The average molecular weight is 320 g/mol. The number of halogens is 1. The molecule has 0 bridgehead atoms. The summed E-state index contributed by atoms with van der Waals surface area (Å²) in [5.41, 5.74) is 6.75. The molecular weight excluding hydrogens is 302 g/mol. The minimum atomic E-state index is -0.259. The van der Waals surface area contributed by atoms with Crippen molar-refractivity contribution in [2.45, 2.75) is 31.8 Å². The molecule has 1 saturated carbocycles. The van der Waals surface area contributed by atoms with Crippen LogP contribution in [-0.4, -0.2) is 16.9 Å². The zero-order chi connectivity index (χ0) is 15.7. The number of pyridine rings is 1. The number of aromatic amines is 1. The number of rotatable bonds is 4. The standard InChI is InChI=1S/C16H18ClN3O2/c17-12-5-1-4-11-14(21)7-9(20-15(11)12)8-19-13-6-2-3-10(13)16(18)22/h1,4-5,7,10,13,19H,2-3,6,8H2,(H2,18,22)(H,20,21)/t10-,13+/m1/s1. The number of nitrogens with two attached hydrogens (primary N) is 1. The number of para-hydroxylation sites is 1. The Bertz CT molecular complexity index is 772. The lowest BCUT2D eigenvalue weighted by atomic mass is 10.0. The van der Waals surface area contributed by atoms with Crippen LogP contribution in [0.2, 0.25) is 5.02 Å². The van der Waals surface area contributed by atoms with Crippen molar-refractivity contribution in [1.29, 1.82) is 0 Å². The molecule has 0 unspecified atom stereocenters. The number of H-pyrrole nitrogens is 1. The fraction of sp³-hybridized carbons (Fsp3) is 0.375. The molecular formula is C16H18ClN3O2. The Morgan fingerprint density at radius 2 is 2.23 bits per heavy atom. The molecule has 1 aromatic carbocycles. The smallest absolute Gasteiger partial charge is 0.222 e. The van der Waals surface area contributed by atoms with Gasteiger partial charge in [-0.05, 0) is 25.0 Å². The highest BCUT2D eigenvalue weighted by Gasteiger charge is 2.30. The van der Waals surface area contributed by atoms with E-state index in [0.29, 0.717) is 22.5 Å². The van der Waals surface area contributed by atoms with Crippen molar-refractivity contribution in [2.75, 3.05) is 0 Å². The summed E-state index contributed by atoms with van der Waals surface area (Å²) in [7, 11) is 0. The van der Waals surface area contributed by atoms with Crippen LogP contribution in [0.1, 0.15) is 25.0 Å². The van der Waals surface area contributed by atoms with Gasteiger partial charge in [-0.1, -0.05) is 24.1 Å². The van der Waals surface area contributed by atoms with Gasteiger partial charge in [-0.15, -0.1) is 0 Å². The van der Waals surface area contributed by atoms with Crippen molar-refractivity contribution in [1.82, 2.24) is 10.3 Å². The Hall–Kier alpha value is -1.85. The van der Waals surface area contributed by atoms with Crippen LogP contribution in [0.3, 0.4) is 0 Å². The molecule has 5 nitrogen and oxygen atoms in total. The van der Waals surface area contributed by atoms with Gasteiger partial charge in [0.05, 0.1) is 16.5 Å². The topological polar surface area (TPSA) is 88.0 Å². The van der Waals surface area contributed by atoms with Crippen molar-refractivity contribution < 1.29 is 4.79 Å². The van der Waals surface area contributed by atoms with Crippen LogP contribution < -0.4 is 16.5 Å². The Morgan fingerprint density at radius 3 is 3.00 bits per heavy atom. The third kappa shape index (κ3) is 2.87. The van der Waals surface area contributed by atoms with Gasteiger partial charge >= 0.3 is 0 Å². The summed E-state index contributed by atoms with van der Waals surface area (Å²) in [5, 5.41) is 4.42. The quantitative estimate of drug-likeness (QED) is 0.804. The van der Waals surface area contributed by atoms with Gasteiger partial charge in [0, 0.05) is 29.7 Å². The molecule has 2 atom stereocenters. The zero-order valence-electron chi connectivity index (χ0n) is 12.1. The lowest BCUT2D eigenvalue weighted by molar-refractivity contribution is -0.122. The molecule has 116 valence electrons. The number of carbonyl (C=O) groups is 1. The normalized spacial score (nSPS) is 21.3. The van der Waals surface area contributed by atoms with Gasteiger partial charge in [-0.3, -0.25) is 9.59 Å². The van der Waals surface area contributed by atoms with Gasteiger partial charge in [0.2, 0.25) is 5.91 Å². The molecule has 0 aliphatic heterocycles. The molecule has 1 fully saturated rings. The van der Waals surface area contributed by atoms with E-state index >= 15 is 0 Å². The van der Waals surface area contributed by atoms with Gasteiger partial charge < -0.3 is 16.0 Å². The van der Waals surface area contributed by atoms with E-state index in [2.05, 4.69) is 10.3 Å². The van der Waals surface area contributed by atoms with Gasteiger partial charge in [0.15, 0.2) is 5.43 Å². The summed E-state index contributed by atoms with van der Waals surface area (Å²) in [6.45, 7) is 0.477. The van der Waals surface area contributed by atoms with Crippen LogP contribution in [0.4, 0.5) is 0 Å². The van der Waals surface area contributed by atoms with Crippen LogP contribution in [0.25, 0.3) is 10.9 Å². The van der Waals surface area contributed by atoms with Crippen molar-refractivity contribution in [3.05, 3.63) is 45.2 Å². The van der Waals surface area contributed by atoms with Gasteiger partial charge in [0.25, 0.3) is 0 Å². The third-order valence-electron chi connectivity index (χ3n) is 4.31. The highest BCUT2D eigenvalue weighted by atomic mass is 35.5. The number of hydrogen-bond acceptors (Lipinski definition) is 3. The van der Waals surface area contributed by atoms with E-state index in [1.165, 1.54) is 0 Å². The molecule has 6 heteroatoms. The lowest BCUT2D eigenvalue weighted by Gasteiger charge is -2.18. The van der Waals surface area contributed by atoms with Gasteiger partial charge in [-0.25, -0.2) is 0 Å². The number of primary amides is 1. The van der Waals surface area contributed by atoms with Crippen LogP contribution >= 0.6 is 11.6 Å². The maximum Gasteiger partial charge on any atom is 0.222 e. The maximum absolute atomic E-state index is 12.1. The Labute approximate surface area is 132 Å². The molecule has 22 heavy (non-hydrogen) atoms. The van der Waals surface area contributed by atoms with Crippen molar-refractivity contribution in [2.24, 2.45) is 11.7 Å². The molecule has 1 aliphatic carbocycles. The predicted octanol–water partition coefficient (Wildman–Crippen LogP) is 1.93. The van der Waals surface area contributed by atoms with E-state index in [1.54, 1.807) is 24.3 Å². The number of aromatic nitrogens is 1. The summed E-state index contributed by atoms with van der Waals surface area (Å²) in [6.07, 6.45) is 2.74. The first-order valence-electron chi connectivity index (χ1n) is 7.39. The number of amides is 1. The molecule has 4 N–H and O–H groups in total. The SMILES string of the molecule is NC(=O)[C@@H]1CCC[C@@H]1NCc1cc(=O)c2cccc(Cl)c2[nH]1. The number of carbonyl (C=O) groups excluding carboxylic acids is 1. The summed E-state index contributed by atoms with van der Waals surface area (Å²) < 4.78 is 0. The van der Waals surface area contributed by atoms with E-state index in [9.17, 15) is 9.59 Å². The molecule has 1 amide bonds. The Morgan fingerprint density at radius 1 is 1.41 bits per heavy atom. The summed E-state index contributed by atoms with van der Waals surface area (Å²) >= 11 is 6.14. The maximum atomic E-state index is 12.1. The molecule has 3 rings (SSSR count). The van der Waals surface area contributed by atoms with Gasteiger partial charge in [0.1, 0.15) is 0 Å². The molecule has 1 aromatic heterocycles. The van der Waals surface area contributed by atoms with E-state index < -0.39 is 0 Å². The molecule has 1 heterocycles. The monoisotopic (exact) mass is 319 g/mol. The minimum Gasteiger partial charge on any atom is -0.369 e. The molecule has 0 saturated heterocycles. The van der Waals surface area contributed by atoms with E-state index in [-0.39, 0.29) is 23.3 Å². The fourth-order valence-corrected chi connectivity index (χ4v) is 3.39. The highest BCUT2D eigenvalue weighted by molar-refractivity contribution is 6.35. The predicted molar refractivity (Wildman–Crippen MR) is 86.7 cm³/mol. The average Bonchev–Trinajstić information content (AvgIpc) is 2.95. The Kier molecular flexibility index (Phi) is 4.18. The first-order chi connectivity index (χ1) is 10.6. The van der Waals surface area contributed by atoms with Crippen molar-refractivity contribution in [3.63, 3.8) is 0 Å². The first-order valence-corrected chi connectivity index (χ1v) is 7.77. The van der Waals surface area contributed by atoms with Crippen molar-refractivity contribution >= 4 is 28.4 Å². The van der Waals surface area contributed by atoms with Crippen LogP contribution in [0.15, 0.2) is 29.1 Å². The van der Waals surface area contributed by atoms with Crippen LogP contribution in [0.5, 0.6) is 0 Å². The van der Waals surface area contributed by atoms with E-state index in [4.69, 9.17) is 17.3 Å². The molecule has 2 aromatic rings. The highest BCUT2D eigenvalue weighted by Crippen LogP contribution is 2.25. The first kappa shape index (κ1) is 15.1. The fourth-order valence-electron chi connectivity index (χ4n) is 3.17. The number of nitrogens with one attached hydrogen (secondary N) is 2. The van der Waals surface area contributed by atoms with Gasteiger partial charge in [-0.2, -0.15) is 0 Å². The summed E-state index contributed by atoms with van der Waals surface area (Å²) in [4.78, 5) is 26.7. The second kappa shape index (κ2) is 6.10. The van der Waals surface area contributed by atoms with Crippen LogP contribution in [-0.2, 0) is 11.3 Å². The zero-order valence-corrected chi connectivity index (χ0v) is 12.8. The van der Waals surface area contributed by atoms with Crippen LogP contribution in [0, 0.1) is 5.92 Å². The largest absolute Gasteiger partial charge is 0.369 e. The Balaban J connectivity index is 1.81. The molecule has 0 spiro atoms.